The third-order valence-electron chi connectivity index (χ3n) is 6.66. The van der Waals surface area contributed by atoms with E-state index >= 15 is 0 Å². The number of rotatable bonds is 7. The molecule has 0 aliphatic heterocycles. The minimum atomic E-state index is -3.84. The number of aromatic nitrogens is 3. The number of aryl methyl sites for hydroxylation is 2. The van der Waals surface area contributed by atoms with Crippen molar-refractivity contribution in [3.63, 3.8) is 0 Å². The second-order valence-corrected chi connectivity index (χ2v) is 11.0. The van der Waals surface area contributed by atoms with E-state index in [9.17, 15) is 27.2 Å². The van der Waals surface area contributed by atoms with Crippen LogP contribution in [-0.2, 0) is 23.7 Å². The molecule has 212 valence electrons. The van der Waals surface area contributed by atoms with Gasteiger partial charge in [-0.25, -0.2) is 18.5 Å². The van der Waals surface area contributed by atoms with Crippen LogP contribution in [0.1, 0.15) is 49.4 Å². The molecule has 2 aromatic heterocycles. The van der Waals surface area contributed by atoms with E-state index in [-0.39, 0.29) is 34.9 Å². The number of nitrogens with one attached hydrogen (secondary N) is 2. The molecule has 2 heterocycles. The maximum atomic E-state index is 14.8. The molecule has 10 nitrogen and oxygen atoms in total. The Hall–Kier alpha value is -4.03. The molecule has 1 saturated carbocycles. The minimum absolute atomic E-state index is 0.0290. The Morgan fingerprint density at radius 1 is 1.00 bits per heavy atom. The van der Waals surface area contributed by atoms with Crippen molar-refractivity contribution in [2.75, 3.05) is 11.8 Å². The SMILES string of the molecule is CC.CNS(=O)(=O)Nc1cccc(-n2c(=O)n(C3CC3)c(=O)c3c(Cc4ccc(C)cc4F)cc(=O)n(C)c32)c1. The first kappa shape index (κ1) is 29.0. The van der Waals surface area contributed by atoms with Crippen molar-refractivity contribution in [1.29, 1.82) is 0 Å². The largest absolute Gasteiger partial charge is 0.337 e. The van der Waals surface area contributed by atoms with Crippen molar-refractivity contribution in [2.45, 2.75) is 46.1 Å². The zero-order valence-electron chi connectivity index (χ0n) is 23.0. The summed E-state index contributed by atoms with van der Waals surface area (Å²) in [4.78, 5) is 40.6. The monoisotopic (exact) mass is 569 g/mol. The lowest BCUT2D eigenvalue weighted by molar-refractivity contribution is 0.593. The molecule has 1 fully saturated rings. The van der Waals surface area contributed by atoms with Crippen molar-refractivity contribution < 1.29 is 12.8 Å². The molecule has 5 rings (SSSR count). The Morgan fingerprint density at radius 2 is 1.70 bits per heavy atom. The van der Waals surface area contributed by atoms with Gasteiger partial charge in [0.25, 0.3) is 21.3 Å². The summed E-state index contributed by atoms with van der Waals surface area (Å²) in [6.07, 6.45) is 1.27. The Labute approximate surface area is 230 Å². The van der Waals surface area contributed by atoms with Crippen molar-refractivity contribution in [3.05, 3.63) is 102 Å². The van der Waals surface area contributed by atoms with E-state index in [0.717, 1.165) is 5.56 Å². The van der Waals surface area contributed by atoms with Gasteiger partial charge in [-0.1, -0.05) is 32.0 Å². The molecular formula is C28H32FN5O5S. The van der Waals surface area contributed by atoms with Gasteiger partial charge in [0.1, 0.15) is 11.5 Å². The highest BCUT2D eigenvalue weighted by atomic mass is 32.2. The Balaban J connectivity index is 0.00000181. The number of benzene rings is 2. The lowest BCUT2D eigenvalue weighted by Gasteiger charge is -2.19. The van der Waals surface area contributed by atoms with Crippen LogP contribution in [0, 0.1) is 12.7 Å². The van der Waals surface area contributed by atoms with Crippen LogP contribution in [0.2, 0.25) is 0 Å². The van der Waals surface area contributed by atoms with E-state index in [1.165, 1.54) is 52.1 Å². The number of anilines is 1. The average molecular weight is 570 g/mol. The van der Waals surface area contributed by atoms with Crippen LogP contribution in [0.5, 0.6) is 0 Å². The van der Waals surface area contributed by atoms with Gasteiger partial charge in [-0.05, 0) is 60.7 Å². The van der Waals surface area contributed by atoms with Gasteiger partial charge in [0.15, 0.2) is 0 Å². The highest BCUT2D eigenvalue weighted by molar-refractivity contribution is 7.90. The second kappa shape index (κ2) is 11.2. The Kier molecular flexibility index (Phi) is 8.13. The second-order valence-electron chi connectivity index (χ2n) is 9.42. The molecule has 0 bridgehead atoms. The smallest absolute Gasteiger partial charge is 0.297 e. The van der Waals surface area contributed by atoms with Crippen molar-refractivity contribution in [1.82, 2.24) is 18.4 Å². The standard InChI is InChI=1S/C26H26FN5O5S.C2H6/c1-15-7-8-16(21(27)11-15)12-17-13-22(33)30(3)24-23(17)25(34)32(19-9-10-19)26(35)31(24)20-6-4-5-18(14-20)29-38(36,37)28-2;1-2/h4-8,11,13-14,19,28-29H,9-10,12H2,1-3H3;1-2H3. The lowest BCUT2D eigenvalue weighted by atomic mass is 10.0. The molecule has 1 aliphatic rings. The Bertz CT molecular complexity index is 1890. The first-order valence-corrected chi connectivity index (χ1v) is 14.5. The van der Waals surface area contributed by atoms with Crippen LogP contribution in [0.3, 0.4) is 0 Å². The van der Waals surface area contributed by atoms with E-state index in [0.29, 0.717) is 24.0 Å². The van der Waals surface area contributed by atoms with Crippen LogP contribution in [0.15, 0.2) is 62.9 Å². The summed E-state index contributed by atoms with van der Waals surface area (Å²) in [5.74, 6) is -0.459. The molecular weight excluding hydrogens is 537 g/mol. The van der Waals surface area contributed by atoms with Gasteiger partial charge in [-0.3, -0.25) is 23.4 Å². The molecule has 12 heteroatoms. The van der Waals surface area contributed by atoms with E-state index in [4.69, 9.17) is 0 Å². The fourth-order valence-electron chi connectivity index (χ4n) is 4.58. The first-order valence-electron chi connectivity index (χ1n) is 13.0. The molecule has 40 heavy (non-hydrogen) atoms. The summed E-state index contributed by atoms with van der Waals surface area (Å²) in [6.45, 7) is 5.76. The third-order valence-corrected chi connectivity index (χ3v) is 7.70. The molecule has 0 saturated heterocycles. The number of nitrogens with zero attached hydrogens (tertiary/aromatic N) is 3. The minimum Gasteiger partial charge on any atom is -0.297 e. The summed E-state index contributed by atoms with van der Waals surface area (Å²) in [5.41, 5.74) is 0.127. The van der Waals surface area contributed by atoms with Gasteiger partial charge in [0.05, 0.1) is 16.8 Å². The van der Waals surface area contributed by atoms with Crippen molar-refractivity contribution in [2.24, 2.45) is 7.05 Å². The quantitative estimate of drug-likeness (QED) is 0.354. The lowest BCUT2D eigenvalue weighted by Crippen LogP contribution is -2.41. The van der Waals surface area contributed by atoms with Crippen LogP contribution < -0.4 is 26.3 Å². The number of hydrogen-bond donors (Lipinski definition) is 2. The van der Waals surface area contributed by atoms with Gasteiger partial charge >= 0.3 is 5.69 Å². The van der Waals surface area contributed by atoms with Crippen molar-refractivity contribution in [3.8, 4) is 5.69 Å². The number of halogens is 1. The van der Waals surface area contributed by atoms with Gasteiger partial charge in [-0.15, -0.1) is 0 Å². The molecule has 0 radical (unpaired) electrons. The molecule has 1 aliphatic carbocycles. The number of fused-ring (bicyclic) bond motifs is 1. The third kappa shape index (κ3) is 5.50. The summed E-state index contributed by atoms with van der Waals surface area (Å²) in [5, 5.41) is 0.125. The maximum absolute atomic E-state index is 14.8. The van der Waals surface area contributed by atoms with Crippen molar-refractivity contribution >= 4 is 26.9 Å². The molecule has 2 aromatic carbocycles. The van der Waals surface area contributed by atoms with Gasteiger partial charge in [-0.2, -0.15) is 8.42 Å². The van der Waals surface area contributed by atoms with Crippen LogP contribution in [0.25, 0.3) is 16.7 Å². The average Bonchev–Trinajstić information content (AvgIpc) is 3.75. The van der Waals surface area contributed by atoms with E-state index in [2.05, 4.69) is 9.44 Å². The highest BCUT2D eigenvalue weighted by Crippen LogP contribution is 2.33. The van der Waals surface area contributed by atoms with Crippen LogP contribution in [-0.4, -0.2) is 29.2 Å². The summed E-state index contributed by atoms with van der Waals surface area (Å²) in [6, 6.07) is 11.8. The van der Waals surface area contributed by atoms with E-state index < -0.39 is 32.8 Å². The normalized spacial score (nSPS) is 13.2. The van der Waals surface area contributed by atoms with Gasteiger partial charge in [0.2, 0.25) is 0 Å². The van der Waals surface area contributed by atoms with E-state index in [1.807, 2.05) is 13.8 Å². The topological polar surface area (TPSA) is 124 Å². The summed E-state index contributed by atoms with van der Waals surface area (Å²) < 4.78 is 47.0. The van der Waals surface area contributed by atoms with Gasteiger partial charge < -0.3 is 0 Å². The zero-order chi connectivity index (χ0) is 29.4. The van der Waals surface area contributed by atoms with Crippen LogP contribution in [0.4, 0.5) is 10.1 Å². The number of hydrogen-bond acceptors (Lipinski definition) is 5. The summed E-state index contributed by atoms with van der Waals surface area (Å²) >= 11 is 0. The molecule has 2 N–H and O–H groups in total. The Morgan fingerprint density at radius 3 is 2.33 bits per heavy atom. The predicted molar refractivity (Wildman–Crippen MR) is 154 cm³/mol. The molecule has 0 amide bonds. The zero-order valence-corrected chi connectivity index (χ0v) is 23.8. The molecule has 4 aromatic rings. The summed E-state index contributed by atoms with van der Waals surface area (Å²) in [7, 11) is -1.14. The van der Waals surface area contributed by atoms with E-state index in [1.54, 1.807) is 31.2 Å². The first-order chi connectivity index (χ1) is 19.0. The van der Waals surface area contributed by atoms with Gasteiger partial charge in [0, 0.05) is 32.6 Å². The molecule has 0 spiro atoms. The fourth-order valence-corrected chi connectivity index (χ4v) is 5.12. The number of pyridine rings is 1. The maximum Gasteiger partial charge on any atom is 0.337 e. The highest BCUT2D eigenvalue weighted by Gasteiger charge is 2.31. The predicted octanol–water partition coefficient (Wildman–Crippen LogP) is 3.13. The van der Waals surface area contributed by atoms with Crippen LogP contribution >= 0.6 is 0 Å². The molecule has 0 atom stereocenters. The fraction of sp³-hybridized carbons (Fsp3) is 0.321. The molecule has 0 unspecified atom stereocenters.